The highest BCUT2D eigenvalue weighted by molar-refractivity contribution is 7.88. The van der Waals surface area contributed by atoms with Crippen molar-refractivity contribution in [2.24, 2.45) is 11.8 Å². The number of ether oxygens (including phenoxy) is 1. The fourth-order valence-electron chi connectivity index (χ4n) is 5.34. The number of fused-ring (bicyclic) bond motifs is 2. The van der Waals surface area contributed by atoms with Crippen molar-refractivity contribution in [3.05, 3.63) is 12.2 Å². The van der Waals surface area contributed by atoms with E-state index in [1.54, 1.807) is 20.8 Å². The van der Waals surface area contributed by atoms with Crippen LogP contribution >= 0.6 is 0 Å². The van der Waals surface area contributed by atoms with Crippen molar-refractivity contribution < 1.29 is 32.3 Å². The molecule has 3 fully saturated rings. The Morgan fingerprint density at radius 3 is 2.55 bits per heavy atom. The van der Waals surface area contributed by atoms with Crippen LogP contribution in [0.25, 0.3) is 0 Å². The van der Waals surface area contributed by atoms with Crippen LogP contribution in [0.2, 0.25) is 0 Å². The Labute approximate surface area is 236 Å². The fourth-order valence-corrected chi connectivity index (χ4v) is 6.30. The molecular weight excluding hydrogens is 538 g/mol. The lowest BCUT2D eigenvalue weighted by atomic mass is 10.0. The molecule has 2 heterocycles. The van der Waals surface area contributed by atoms with Gasteiger partial charge in [0, 0.05) is 19.0 Å². The number of allylic oxidation sites excluding steroid dienone is 1. The number of hydrogen-bond donors (Lipinski definition) is 4. The minimum absolute atomic E-state index is 0.267. The second-order valence-electron chi connectivity index (χ2n) is 12.5. The maximum Gasteiger partial charge on any atom is 0.408 e. The van der Waals surface area contributed by atoms with E-state index < -0.39 is 51.3 Å². The zero-order chi connectivity index (χ0) is 29.1. The average molecular weight is 582 g/mol. The molecule has 40 heavy (non-hydrogen) atoms. The van der Waals surface area contributed by atoms with Gasteiger partial charge in [-0.05, 0) is 78.1 Å². The maximum atomic E-state index is 13.6. The molecule has 0 aromatic carbocycles. The SMILES string of the molecule is CC(C)(C)OC(=O)N[C@H]1CCCCC/C=C\[C@@H]2C[C@@]2(C(=O)NS(=O)(=O)NCC2CC2)NC(=O)[C@@H]2CCCN2C1=O. The Balaban J connectivity index is 1.51. The molecular formula is C27H43N5O7S. The molecule has 4 amide bonds. The first-order valence-electron chi connectivity index (χ1n) is 14.4. The van der Waals surface area contributed by atoms with E-state index >= 15 is 0 Å². The Bertz CT molecular complexity index is 1130. The zero-order valence-corrected chi connectivity index (χ0v) is 24.5. The molecule has 0 radical (unpaired) electrons. The number of amides is 4. The van der Waals surface area contributed by atoms with Crippen LogP contribution in [0, 0.1) is 11.8 Å². The quantitative estimate of drug-likeness (QED) is 0.346. The van der Waals surface area contributed by atoms with Gasteiger partial charge in [0.1, 0.15) is 23.2 Å². The Morgan fingerprint density at radius 1 is 1.10 bits per heavy atom. The second kappa shape index (κ2) is 12.1. The predicted molar refractivity (Wildman–Crippen MR) is 147 cm³/mol. The van der Waals surface area contributed by atoms with Gasteiger partial charge in [0.15, 0.2) is 0 Å². The van der Waals surface area contributed by atoms with Gasteiger partial charge in [-0.3, -0.25) is 14.4 Å². The lowest BCUT2D eigenvalue weighted by molar-refractivity contribution is -0.141. The highest BCUT2D eigenvalue weighted by atomic mass is 32.2. The Kier molecular flexibility index (Phi) is 9.13. The van der Waals surface area contributed by atoms with Crippen LogP contribution in [0.1, 0.15) is 85.0 Å². The number of carbonyl (C=O) groups excluding carboxylic acids is 4. The molecule has 224 valence electrons. The van der Waals surface area contributed by atoms with Crippen LogP contribution in [0.4, 0.5) is 4.79 Å². The number of nitrogens with one attached hydrogen (secondary N) is 4. The fraction of sp³-hybridized carbons (Fsp3) is 0.778. The molecule has 0 bridgehead atoms. The lowest BCUT2D eigenvalue weighted by Gasteiger charge is -2.30. The molecule has 0 aromatic rings. The van der Waals surface area contributed by atoms with Crippen molar-refractivity contribution in [2.75, 3.05) is 13.1 Å². The molecule has 4 rings (SSSR count). The first-order valence-corrected chi connectivity index (χ1v) is 15.9. The van der Waals surface area contributed by atoms with Gasteiger partial charge in [-0.1, -0.05) is 25.0 Å². The maximum absolute atomic E-state index is 13.6. The summed E-state index contributed by atoms with van der Waals surface area (Å²) in [5, 5.41) is 5.52. The predicted octanol–water partition coefficient (Wildman–Crippen LogP) is 1.63. The van der Waals surface area contributed by atoms with E-state index in [2.05, 4.69) is 20.1 Å². The minimum atomic E-state index is -4.08. The summed E-state index contributed by atoms with van der Waals surface area (Å²) in [7, 11) is -4.08. The van der Waals surface area contributed by atoms with Crippen LogP contribution in [0.5, 0.6) is 0 Å². The van der Waals surface area contributed by atoms with Crippen molar-refractivity contribution in [3.63, 3.8) is 0 Å². The third-order valence-corrected chi connectivity index (χ3v) is 8.81. The summed E-state index contributed by atoms with van der Waals surface area (Å²) in [5.41, 5.74) is -2.14. The average Bonchev–Trinajstić information content (AvgIpc) is 3.75. The standard InChI is InChI=1S/C27H43N5O7S/c1-26(2,3)39-25(36)29-20-11-8-6-4-5-7-10-19-16-27(19,24(35)31-40(37,38)28-17-18-13-14-18)30-22(33)21-12-9-15-32(21)23(20)34/h7,10,18-21,28H,4-6,8-9,11-17H2,1-3H3,(H,29,36)(H,30,33)(H,31,35)/b10-7-/t19-,20+,21+,27-/m1/s1. The number of carbonyl (C=O) groups is 4. The molecule has 4 aliphatic rings. The minimum Gasteiger partial charge on any atom is -0.444 e. The summed E-state index contributed by atoms with van der Waals surface area (Å²) >= 11 is 0. The molecule has 0 aromatic heterocycles. The van der Waals surface area contributed by atoms with E-state index in [1.807, 2.05) is 12.2 Å². The van der Waals surface area contributed by atoms with Gasteiger partial charge in [0.05, 0.1) is 0 Å². The summed E-state index contributed by atoms with van der Waals surface area (Å²) in [5.74, 6) is -1.73. The van der Waals surface area contributed by atoms with E-state index in [-0.39, 0.29) is 24.8 Å². The molecule has 0 unspecified atom stereocenters. The van der Waals surface area contributed by atoms with E-state index in [9.17, 15) is 27.6 Å². The summed E-state index contributed by atoms with van der Waals surface area (Å²) in [6.45, 7) is 5.83. The largest absolute Gasteiger partial charge is 0.444 e. The van der Waals surface area contributed by atoms with Crippen molar-refractivity contribution in [3.8, 4) is 0 Å². The first-order chi connectivity index (χ1) is 18.8. The normalized spacial score (nSPS) is 30.6. The molecule has 0 spiro atoms. The number of alkyl carbamates (subject to hydrolysis) is 1. The van der Waals surface area contributed by atoms with Crippen molar-refractivity contribution in [1.29, 1.82) is 0 Å². The monoisotopic (exact) mass is 581 g/mol. The van der Waals surface area contributed by atoms with E-state index in [4.69, 9.17) is 4.74 Å². The van der Waals surface area contributed by atoms with Gasteiger partial charge >= 0.3 is 16.3 Å². The molecule has 1 saturated heterocycles. The van der Waals surface area contributed by atoms with E-state index in [1.165, 1.54) is 4.90 Å². The Morgan fingerprint density at radius 2 is 1.85 bits per heavy atom. The molecule has 2 aliphatic carbocycles. The van der Waals surface area contributed by atoms with Crippen LogP contribution < -0.4 is 20.1 Å². The van der Waals surface area contributed by atoms with Crippen LogP contribution in [0.15, 0.2) is 12.2 Å². The molecule has 4 N–H and O–H groups in total. The van der Waals surface area contributed by atoms with Crippen molar-refractivity contribution >= 4 is 34.0 Å². The van der Waals surface area contributed by atoms with Gasteiger partial charge in [0.25, 0.3) is 5.91 Å². The Hall–Kier alpha value is -2.67. The summed E-state index contributed by atoms with van der Waals surface area (Å²) in [6, 6.07) is -1.68. The third-order valence-electron chi connectivity index (χ3n) is 7.81. The summed E-state index contributed by atoms with van der Waals surface area (Å²) < 4.78 is 34.9. The van der Waals surface area contributed by atoms with Gasteiger partial charge < -0.3 is 20.3 Å². The highest BCUT2D eigenvalue weighted by Gasteiger charge is 2.61. The smallest absolute Gasteiger partial charge is 0.408 e. The van der Waals surface area contributed by atoms with Crippen LogP contribution in [-0.4, -0.2) is 73.4 Å². The molecule has 4 atom stereocenters. The van der Waals surface area contributed by atoms with Gasteiger partial charge in [0.2, 0.25) is 11.8 Å². The lowest BCUT2D eigenvalue weighted by Crippen LogP contribution is -2.59. The van der Waals surface area contributed by atoms with Crippen LogP contribution in [0.3, 0.4) is 0 Å². The van der Waals surface area contributed by atoms with Gasteiger partial charge in [-0.25, -0.2) is 9.52 Å². The van der Waals surface area contributed by atoms with Crippen molar-refractivity contribution in [1.82, 2.24) is 25.0 Å². The second-order valence-corrected chi connectivity index (χ2v) is 14.0. The van der Waals surface area contributed by atoms with Gasteiger partial charge in [-0.15, -0.1) is 0 Å². The first kappa shape index (κ1) is 30.3. The topological polar surface area (TPSA) is 163 Å². The third kappa shape index (κ3) is 7.96. The zero-order valence-electron chi connectivity index (χ0n) is 23.7. The molecule has 13 heteroatoms. The number of hydrogen-bond acceptors (Lipinski definition) is 7. The van der Waals surface area contributed by atoms with Crippen LogP contribution in [-0.2, 0) is 29.3 Å². The highest BCUT2D eigenvalue weighted by Crippen LogP contribution is 2.45. The van der Waals surface area contributed by atoms with Gasteiger partial charge in [-0.2, -0.15) is 13.1 Å². The molecule has 2 saturated carbocycles. The van der Waals surface area contributed by atoms with Crippen molar-refractivity contribution in [2.45, 2.75) is 108 Å². The molecule has 12 nitrogen and oxygen atoms in total. The van der Waals surface area contributed by atoms with E-state index in [0.717, 1.165) is 32.1 Å². The molecule has 2 aliphatic heterocycles. The summed E-state index contributed by atoms with van der Waals surface area (Å²) in [4.78, 5) is 54.5. The number of nitrogens with zero attached hydrogens (tertiary/aromatic N) is 1. The summed E-state index contributed by atoms with van der Waals surface area (Å²) in [6.07, 6.45) is 9.80. The van der Waals surface area contributed by atoms with E-state index in [0.29, 0.717) is 38.1 Å². The number of rotatable bonds is 6.